The van der Waals surface area contributed by atoms with Gasteiger partial charge in [-0.1, -0.05) is 0 Å². The normalized spacial score (nSPS) is 20.1. The molecule has 1 aromatic rings. The van der Waals surface area contributed by atoms with E-state index < -0.39 is 0 Å². The Balaban J connectivity index is 1.95. The summed E-state index contributed by atoms with van der Waals surface area (Å²) in [6.07, 6.45) is 3.19. The lowest BCUT2D eigenvalue weighted by Gasteiger charge is -2.23. The minimum atomic E-state index is 0.788. The predicted octanol–water partition coefficient (Wildman–Crippen LogP) is 1.90. The summed E-state index contributed by atoms with van der Waals surface area (Å²) in [5.41, 5.74) is 1.25. The number of nitrogens with one attached hydrogen (secondary N) is 1. The fourth-order valence-electron chi connectivity index (χ4n) is 2.60. The summed E-state index contributed by atoms with van der Waals surface area (Å²) in [7, 11) is 4.37. The Morgan fingerprint density at radius 3 is 3.06 bits per heavy atom. The van der Waals surface area contributed by atoms with E-state index in [4.69, 9.17) is 0 Å². The highest BCUT2D eigenvalue weighted by Crippen LogP contribution is 2.20. The van der Waals surface area contributed by atoms with Crippen molar-refractivity contribution in [3.05, 3.63) is 18.3 Å². The lowest BCUT2D eigenvalue weighted by molar-refractivity contribution is 0.396. The summed E-state index contributed by atoms with van der Waals surface area (Å²) >= 11 is 0. The maximum atomic E-state index is 4.31. The molecule has 1 fully saturated rings. The number of pyridine rings is 1. The van der Waals surface area contributed by atoms with Gasteiger partial charge in [0.05, 0.1) is 0 Å². The molecule has 0 amide bonds. The Morgan fingerprint density at radius 2 is 2.39 bits per heavy atom. The molecule has 1 unspecified atom stereocenters. The van der Waals surface area contributed by atoms with E-state index in [0.29, 0.717) is 0 Å². The van der Waals surface area contributed by atoms with E-state index in [2.05, 4.69) is 53.3 Å². The summed E-state index contributed by atoms with van der Waals surface area (Å²) in [4.78, 5) is 9.06. The van der Waals surface area contributed by atoms with E-state index in [1.54, 1.807) is 0 Å². The third-order valence-corrected chi connectivity index (χ3v) is 3.56. The molecule has 0 aliphatic carbocycles. The molecule has 1 aliphatic rings. The number of hydrogen-bond acceptors (Lipinski definition) is 4. The Morgan fingerprint density at radius 1 is 1.56 bits per heavy atom. The van der Waals surface area contributed by atoms with Crippen molar-refractivity contribution in [2.24, 2.45) is 5.92 Å². The molecule has 1 aromatic heterocycles. The van der Waals surface area contributed by atoms with Gasteiger partial charge in [-0.25, -0.2) is 4.98 Å². The molecule has 1 N–H and O–H groups in total. The molecule has 2 rings (SSSR count). The van der Waals surface area contributed by atoms with Gasteiger partial charge in [0, 0.05) is 44.6 Å². The standard InChI is InChI=1S/C14H24N4/c1-4-15-14-9-13(5-7-16-14)18(3)11-12-6-8-17(2)10-12/h5,7,9,12H,4,6,8,10-11H2,1-3H3,(H,15,16). The van der Waals surface area contributed by atoms with E-state index in [0.717, 1.165) is 24.8 Å². The lowest BCUT2D eigenvalue weighted by Crippen LogP contribution is -2.27. The van der Waals surface area contributed by atoms with Crippen molar-refractivity contribution < 1.29 is 0 Å². The van der Waals surface area contributed by atoms with Gasteiger partial charge in [-0.3, -0.25) is 0 Å². The van der Waals surface area contributed by atoms with Gasteiger partial charge in [-0.2, -0.15) is 0 Å². The molecule has 0 aromatic carbocycles. The first-order chi connectivity index (χ1) is 8.69. The van der Waals surface area contributed by atoms with E-state index in [1.165, 1.54) is 25.2 Å². The second-order valence-electron chi connectivity index (χ2n) is 5.23. The summed E-state index contributed by atoms with van der Waals surface area (Å²) in [5, 5.41) is 3.26. The first-order valence-electron chi connectivity index (χ1n) is 6.78. The third-order valence-electron chi connectivity index (χ3n) is 3.56. The molecule has 1 saturated heterocycles. The van der Waals surface area contributed by atoms with E-state index >= 15 is 0 Å². The first-order valence-corrected chi connectivity index (χ1v) is 6.78. The minimum Gasteiger partial charge on any atom is -0.374 e. The van der Waals surface area contributed by atoms with Crippen LogP contribution in [0.4, 0.5) is 11.5 Å². The summed E-state index contributed by atoms with van der Waals surface area (Å²) < 4.78 is 0. The molecule has 18 heavy (non-hydrogen) atoms. The van der Waals surface area contributed by atoms with Crippen LogP contribution in [0.25, 0.3) is 0 Å². The van der Waals surface area contributed by atoms with E-state index in [-0.39, 0.29) is 0 Å². The van der Waals surface area contributed by atoms with Crippen molar-refractivity contribution in [2.75, 3.05) is 50.5 Å². The van der Waals surface area contributed by atoms with Crippen LogP contribution in [0.1, 0.15) is 13.3 Å². The maximum Gasteiger partial charge on any atom is 0.127 e. The zero-order chi connectivity index (χ0) is 13.0. The van der Waals surface area contributed by atoms with Crippen LogP contribution in [0.5, 0.6) is 0 Å². The van der Waals surface area contributed by atoms with Crippen molar-refractivity contribution in [1.82, 2.24) is 9.88 Å². The van der Waals surface area contributed by atoms with Gasteiger partial charge in [0.2, 0.25) is 0 Å². The molecule has 0 radical (unpaired) electrons. The van der Waals surface area contributed by atoms with Crippen molar-refractivity contribution in [3.63, 3.8) is 0 Å². The quantitative estimate of drug-likeness (QED) is 0.862. The third kappa shape index (κ3) is 3.35. The Bertz CT molecular complexity index is 380. The maximum absolute atomic E-state index is 4.31. The summed E-state index contributed by atoms with van der Waals surface area (Å²) in [6.45, 7) is 6.58. The highest BCUT2D eigenvalue weighted by Gasteiger charge is 2.20. The van der Waals surface area contributed by atoms with Crippen LogP contribution < -0.4 is 10.2 Å². The van der Waals surface area contributed by atoms with Crippen LogP contribution in [-0.2, 0) is 0 Å². The zero-order valence-electron chi connectivity index (χ0n) is 11.7. The zero-order valence-corrected chi connectivity index (χ0v) is 11.7. The summed E-state index contributed by atoms with van der Waals surface area (Å²) in [5.74, 6) is 1.75. The van der Waals surface area contributed by atoms with Gasteiger partial charge >= 0.3 is 0 Å². The van der Waals surface area contributed by atoms with Crippen molar-refractivity contribution in [2.45, 2.75) is 13.3 Å². The highest BCUT2D eigenvalue weighted by atomic mass is 15.2. The molecular weight excluding hydrogens is 224 g/mol. The van der Waals surface area contributed by atoms with Crippen LogP contribution in [-0.4, -0.2) is 50.2 Å². The predicted molar refractivity (Wildman–Crippen MR) is 77.3 cm³/mol. The smallest absolute Gasteiger partial charge is 0.127 e. The molecule has 0 spiro atoms. The number of rotatable bonds is 5. The molecule has 4 nitrogen and oxygen atoms in total. The topological polar surface area (TPSA) is 31.4 Å². The molecule has 1 aliphatic heterocycles. The Kier molecular flexibility index (Phi) is 4.42. The minimum absolute atomic E-state index is 0.788. The number of anilines is 2. The molecule has 4 heteroatoms. The van der Waals surface area contributed by atoms with Crippen LogP contribution in [0.2, 0.25) is 0 Å². The fourth-order valence-corrected chi connectivity index (χ4v) is 2.60. The number of hydrogen-bond donors (Lipinski definition) is 1. The molecule has 1 atom stereocenters. The Labute approximate surface area is 110 Å². The average Bonchev–Trinajstić information content (AvgIpc) is 2.75. The Hall–Kier alpha value is -1.29. The SMILES string of the molecule is CCNc1cc(N(C)CC2CCN(C)C2)ccn1. The van der Waals surface area contributed by atoms with Crippen LogP contribution in [0.15, 0.2) is 18.3 Å². The van der Waals surface area contributed by atoms with Crippen LogP contribution in [0, 0.1) is 5.92 Å². The van der Waals surface area contributed by atoms with Gasteiger partial charge in [-0.15, -0.1) is 0 Å². The van der Waals surface area contributed by atoms with Crippen molar-refractivity contribution in [1.29, 1.82) is 0 Å². The lowest BCUT2D eigenvalue weighted by atomic mass is 10.1. The van der Waals surface area contributed by atoms with Crippen LogP contribution in [0.3, 0.4) is 0 Å². The number of aromatic nitrogens is 1. The number of likely N-dealkylation sites (tertiary alicyclic amines) is 1. The van der Waals surface area contributed by atoms with E-state index in [9.17, 15) is 0 Å². The van der Waals surface area contributed by atoms with Gasteiger partial charge in [-0.05, 0) is 38.9 Å². The molecule has 100 valence electrons. The molecular formula is C14H24N4. The van der Waals surface area contributed by atoms with Crippen molar-refractivity contribution in [3.8, 4) is 0 Å². The van der Waals surface area contributed by atoms with Gasteiger partial charge in [0.15, 0.2) is 0 Å². The highest BCUT2D eigenvalue weighted by molar-refractivity contribution is 5.53. The van der Waals surface area contributed by atoms with E-state index in [1.807, 2.05) is 6.20 Å². The fraction of sp³-hybridized carbons (Fsp3) is 0.643. The molecule has 2 heterocycles. The van der Waals surface area contributed by atoms with Crippen LogP contribution >= 0.6 is 0 Å². The summed E-state index contributed by atoms with van der Waals surface area (Å²) in [6, 6.07) is 4.21. The van der Waals surface area contributed by atoms with Gasteiger partial charge in [0.1, 0.15) is 5.82 Å². The van der Waals surface area contributed by atoms with Gasteiger partial charge in [0.25, 0.3) is 0 Å². The monoisotopic (exact) mass is 248 g/mol. The first kappa shape index (κ1) is 13.1. The second kappa shape index (κ2) is 6.05. The molecule has 0 saturated carbocycles. The number of nitrogens with zero attached hydrogens (tertiary/aromatic N) is 3. The van der Waals surface area contributed by atoms with Crippen molar-refractivity contribution >= 4 is 11.5 Å². The average molecular weight is 248 g/mol. The molecule has 0 bridgehead atoms. The van der Waals surface area contributed by atoms with Gasteiger partial charge < -0.3 is 15.1 Å². The second-order valence-corrected chi connectivity index (χ2v) is 5.23. The largest absolute Gasteiger partial charge is 0.374 e.